The van der Waals surface area contributed by atoms with Crippen LogP contribution in [0.25, 0.3) is 0 Å². The van der Waals surface area contributed by atoms with Crippen molar-refractivity contribution in [2.24, 2.45) is 0 Å². The number of carbonyl (C=O) groups excluding carboxylic acids is 2. The molecule has 0 aliphatic rings. The van der Waals surface area contributed by atoms with E-state index in [-0.39, 0.29) is 10.8 Å². The van der Waals surface area contributed by atoms with Crippen LogP contribution in [0.5, 0.6) is 0 Å². The van der Waals surface area contributed by atoms with Gasteiger partial charge in [0.15, 0.2) is 0 Å². The fourth-order valence-corrected chi connectivity index (χ4v) is 3.39. The fourth-order valence-electron chi connectivity index (χ4n) is 2.21. The number of benzene rings is 2. The van der Waals surface area contributed by atoms with Gasteiger partial charge in [0.2, 0.25) is 21.8 Å². The molecule has 25 heavy (non-hydrogen) atoms. The van der Waals surface area contributed by atoms with E-state index in [0.717, 1.165) is 0 Å². The van der Waals surface area contributed by atoms with Crippen molar-refractivity contribution < 1.29 is 18.0 Å². The summed E-state index contributed by atoms with van der Waals surface area (Å²) in [6, 6.07) is 13.2. The Hall–Kier alpha value is -2.71. The van der Waals surface area contributed by atoms with Crippen molar-refractivity contribution in [2.45, 2.75) is 17.9 Å². The summed E-state index contributed by atoms with van der Waals surface area (Å²) in [6.45, 7) is 1.36. The molecular formula is C17H19N3O4S. The third-order valence-electron chi connectivity index (χ3n) is 3.40. The molecule has 7 nitrogen and oxygen atoms in total. The van der Waals surface area contributed by atoms with Crippen LogP contribution >= 0.6 is 0 Å². The highest BCUT2D eigenvalue weighted by Gasteiger charge is 2.26. The molecule has 0 aliphatic heterocycles. The van der Waals surface area contributed by atoms with Crippen molar-refractivity contribution in [1.29, 1.82) is 0 Å². The molecule has 2 amide bonds. The number of sulfonamides is 1. The molecule has 132 valence electrons. The molecule has 0 heterocycles. The molecule has 0 unspecified atom stereocenters. The Balaban J connectivity index is 2.28. The van der Waals surface area contributed by atoms with Crippen LogP contribution in [-0.4, -0.2) is 27.3 Å². The maximum atomic E-state index is 12.6. The first-order chi connectivity index (χ1) is 11.8. The van der Waals surface area contributed by atoms with E-state index in [4.69, 9.17) is 0 Å². The van der Waals surface area contributed by atoms with Gasteiger partial charge in [0.1, 0.15) is 6.04 Å². The quantitative estimate of drug-likeness (QED) is 0.723. The van der Waals surface area contributed by atoms with E-state index in [1.807, 2.05) is 0 Å². The van der Waals surface area contributed by atoms with Gasteiger partial charge < -0.3 is 10.6 Å². The van der Waals surface area contributed by atoms with Crippen LogP contribution < -0.4 is 15.4 Å². The number of carbonyl (C=O) groups is 2. The molecule has 0 fully saturated rings. The van der Waals surface area contributed by atoms with Crippen LogP contribution in [0.1, 0.15) is 18.5 Å². The number of likely N-dealkylation sites (N-methyl/N-ethyl adjacent to an activating group) is 1. The molecule has 0 radical (unpaired) electrons. The average Bonchev–Trinajstić information content (AvgIpc) is 2.60. The lowest BCUT2D eigenvalue weighted by atomic mass is 10.1. The minimum Gasteiger partial charge on any atom is -0.357 e. The highest BCUT2D eigenvalue weighted by molar-refractivity contribution is 7.89. The molecule has 0 bridgehead atoms. The predicted octanol–water partition coefficient (Wildman–Crippen LogP) is 1.41. The Labute approximate surface area is 146 Å². The molecule has 0 spiro atoms. The molecular weight excluding hydrogens is 342 g/mol. The Bertz CT molecular complexity index is 849. The van der Waals surface area contributed by atoms with E-state index < -0.39 is 22.0 Å². The molecule has 8 heteroatoms. The summed E-state index contributed by atoms with van der Waals surface area (Å²) in [6.07, 6.45) is 0. The molecule has 0 aromatic heterocycles. The first-order valence-corrected chi connectivity index (χ1v) is 8.98. The standard InChI is InChI=1S/C17H19N3O4S/c1-12(21)19-14-8-10-15(11-9-14)25(23,24)20-16(17(22)18-2)13-6-4-3-5-7-13/h3-11,16,20H,1-2H3,(H,18,22)(H,19,21)/t16-/m0/s1. The van der Waals surface area contributed by atoms with Gasteiger partial charge in [-0.1, -0.05) is 30.3 Å². The summed E-state index contributed by atoms with van der Waals surface area (Å²) < 4.78 is 27.6. The zero-order valence-corrected chi connectivity index (χ0v) is 14.6. The molecule has 0 saturated carbocycles. The zero-order chi connectivity index (χ0) is 18.4. The second-order valence-electron chi connectivity index (χ2n) is 5.28. The first-order valence-electron chi connectivity index (χ1n) is 7.50. The Morgan fingerprint density at radius 1 is 0.960 bits per heavy atom. The number of hydrogen-bond donors (Lipinski definition) is 3. The minimum atomic E-state index is -3.93. The number of anilines is 1. The third-order valence-corrected chi connectivity index (χ3v) is 4.84. The van der Waals surface area contributed by atoms with E-state index in [9.17, 15) is 18.0 Å². The summed E-state index contributed by atoms with van der Waals surface area (Å²) in [4.78, 5) is 23.1. The molecule has 2 aromatic carbocycles. The van der Waals surface area contributed by atoms with Crippen LogP contribution in [0.15, 0.2) is 59.5 Å². The van der Waals surface area contributed by atoms with Gasteiger partial charge in [0.25, 0.3) is 0 Å². The molecule has 0 aliphatic carbocycles. The molecule has 3 N–H and O–H groups in total. The monoisotopic (exact) mass is 361 g/mol. The summed E-state index contributed by atoms with van der Waals surface area (Å²) in [5.41, 5.74) is 1.01. The van der Waals surface area contributed by atoms with Gasteiger partial charge in [-0.25, -0.2) is 8.42 Å². The van der Waals surface area contributed by atoms with Crippen LogP contribution in [-0.2, 0) is 19.6 Å². The van der Waals surface area contributed by atoms with Crippen molar-refractivity contribution in [3.05, 3.63) is 60.2 Å². The molecule has 2 rings (SSSR count). The Morgan fingerprint density at radius 2 is 1.56 bits per heavy atom. The average molecular weight is 361 g/mol. The normalized spacial score (nSPS) is 12.2. The van der Waals surface area contributed by atoms with Gasteiger partial charge in [-0.05, 0) is 29.8 Å². The smallest absolute Gasteiger partial charge is 0.242 e. The van der Waals surface area contributed by atoms with Crippen molar-refractivity contribution in [3.8, 4) is 0 Å². The Kier molecular flexibility index (Phi) is 5.89. The maximum Gasteiger partial charge on any atom is 0.242 e. The van der Waals surface area contributed by atoms with Crippen LogP contribution in [0.2, 0.25) is 0 Å². The van der Waals surface area contributed by atoms with E-state index in [0.29, 0.717) is 11.3 Å². The summed E-state index contributed by atoms with van der Waals surface area (Å²) >= 11 is 0. The maximum absolute atomic E-state index is 12.6. The lowest BCUT2D eigenvalue weighted by Gasteiger charge is -2.18. The SMILES string of the molecule is CNC(=O)[C@@H](NS(=O)(=O)c1ccc(NC(C)=O)cc1)c1ccccc1. The van der Waals surface area contributed by atoms with Crippen molar-refractivity contribution in [3.63, 3.8) is 0 Å². The van der Waals surface area contributed by atoms with E-state index in [1.54, 1.807) is 30.3 Å². The van der Waals surface area contributed by atoms with Gasteiger partial charge in [0, 0.05) is 19.7 Å². The predicted molar refractivity (Wildman–Crippen MR) is 94.3 cm³/mol. The topological polar surface area (TPSA) is 104 Å². The van der Waals surface area contributed by atoms with E-state index >= 15 is 0 Å². The molecule has 2 aromatic rings. The summed E-state index contributed by atoms with van der Waals surface area (Å²) in [7, 11) is -2.49. The van der Waals surface area contributed by atoms with Gasteiger partial charge in [-0.15, -0.1) is 0 Å². The van der Waals surface area contributed by atoms with E-state index in [2.05, 4.69) is 15.4 Å². The lowest BCUT2D eigenvalue weighted by molar-refractivity contribution is -0.122. The highest BCUT2D eigenvalue weighted by atomic mass is 32.2. The number of hydrogen-bond acceptors (Lipinski definition) is 4. The highest BCUT2D eigenvalue weighted by Crippen LogP contribution is 2.19. The summed E-state index contributed by atoms with van der Waals surface area (Å²) in [5, 5.41) is 5.01. The fraction of sp³-hybridized carbons (Fsp3) is 0.176. The largest absolute Gasteiger partial charge is 0.357 e. The molecule has 0 saturated heterocycles. The van der Waals surface area contributed by atoms with Crippen molar-refractivity contribution in [2.75, 3.05) is 12.4 Å². The van der Waals surface area contributed by atoms with Crippen molar-refractivity contribution >= 4 is 27.5 Å². The minimum absolute atomic E-state index is 0.00793. The van der Waals surface area contributed by atoms with Crippen molar-refractivity contribution in [1.82, 2.24) is 10.0 Å². The van der Waals surface area contributed by atoms with Gasteiger partial charge >= 0.3 is 0 Å². The van der Waals surface area contributed by atoms with Crippen LogP contribution in [0, 0.1) is 0 Å². The first kappa shape index (κ1) is 18.6. The Morgan fingerprint density at radius 3 is 2.08 bits per heavy atom. The lowest BCUT2D eigenvalue weighted by Crippen LogP contribution is -2.39. The number of nitrogens with one attached hydrogen (secondary N) is 3. The zero-order valence-electron chi connectivity index (χ0n) is 13.8. The molecule has 1 atom stereocenters. The van der Waals surface area contributed by atoms with Gasteiger partial charge in [-0.2, -0.15) is 4.72 Å². The third kappa shape index (κ3) is 4.88. The number of rotatable bonds is 6. The van der Waals surface area contributed by atoms with Crippen LogP contribution in [0.4, 0.5) is 5.69 Å². The van der Waals surface area contributed by atoms with Crippen LogP contribution in [0.3, 0.4) is 0 Å². The van der Waals surface area contributed by atoms with Gasteiger partial charge in [0.05, 0.1) is 4.90 Å². The number of amides is 2. The second kappa shape index (κ2) is 7.91. The second-order valence-corrected chi connectivity index (χ2v) is 7.00. The summed E-state index contributed by atoms with van der Waals surface area (Å²) in [5.74, 6) is -0.720. The van der Waals surface area contributed by atoms with Gasteiger partial charge in [-0.3, -0.25) is 9.59 Å². The van der Waals surface area contributed by atoms with E-state index in [1.165, 1.54) is 38.2 Å².